The second-order valence-corrected chi connectivity index (χ2v) is 5.13. The SMILES string of the molecule is O=C(OCCc1ccccc1/C=C/[N+](=O)[O-])c1ccc(Cl)cc1. The molecule has 118 valence electrons. The summed E-state index contributed by atoms with van der Waals surface area (Å²) in [7, 11) is 0. The molecule has 0 aliphatic rings. The summed E-state index contributed by atoms with van der Waals surface area (Å²) in [5.41, 5.74) is 2.03. The third kappa shape index (κ3) is 5.23. The summed E-state index contributed by atoms with van der Waals surface area (Å²) in [6, 6.07) is 13.7. The molecule has 0 fully saturated rings. The normalized spacial score (nSPS) is 10.7. The fourth-order valence-electron chi connectivity index (χ4n) is 1.99. The molecule has 0 saturated carbocycles. The molecule has 0 atom stereocenters. The zero-order chi connectivity index (χ0) is 16.7. The standard InChI is InChI=1S/C17H14ClNO4/c18-16-7-5-15(6-8-16)17(20)23-12-10-14-4-2-1-3-13(14)9-11-19(21)22/h1-9,11H,10,12H2/b11-9+. The number of rotatable bonds is 6. The van der Waals surface area contributed by atoms with Crippen LogP contribution < -0.4 is 0 Å². The zero-order valence-electron chi connectivity index (χ0n) is 12.1. The van der Waals surface area contributed by atoms with Crippen molar-refractivity contribution in [2.75, 3.05) is 6.61 Å². The van der Waals surface area contributed by atoms with Gasteiger partial charge in [0.05, 0.1) is 17.1 Å². The summed E-state index contributed by atoms with van der Waals surface area (Å²) < 4.78 is 5.21. The lowest BCUT2D eigenvalue weighted by atomic mass is 10.1. The zero-order valence-corrected chi connectivity index (χ0v) is 12.9. The molecule has 0 aliphatic heterocycles. The number of carbonyl (C=O) groups excluding carboxylic acids is 1. The first-order valence-corrected chi connectivity index (χ1v) is 7.26. The van der Waals surface area contributed by atoms with Gasteiger partial charge in [0.25, 0.3) is 0 Å². The molecule has 0 N–H and O–H groups in total. The molecule has 0 amide bonds. The van der Waals surface area contributed by atoms with Gasteiger partial charge in [0, 0.05) is 17.5 Å². The van der Waals surface area contributed by atoms with Crippen molar-refractivity contribution in [1.82, 2.24) is 0 Å². The smallest absolute Gasteiger partial charge is 0.338 e. The van der Waals surface area contributed by atoms with Gasteiger partial charge in [0.2, 0.25) is 6.20 Å². The van der Waals surface area contributed by atoms with Gasteiger partial charge in [-0.25, -0.2) is 4.79 Å². The molecule has 2 aromatic rings. The van der Waals surface area contributed by atoms with Gasteiger partial charge < -0.3 is 4.74 Å². The van der Waals surface area contributed by atoms with Crippen molar-refractivity contribution in [3.8, 4) is 0 Å². The number of esters is 1. The quantitative estimate of drug-likeness (QED) is 0.456. The van der Waals surface area contributed by atoms with Crippen LogP contribution in [0.3, 0.4) is 0 Å². The lowest BCUT2D eigenvalue weighted by molar-refractivity contribution is -0.400. The minimum absolute atomic E-state index is 0.185. The van der Waals surface area contributed by atoms with Crippen LogP contribution in [0.15, 0.2) is 54.7 Å². The second kappa shape index (κ2) is 8.10. The van der Waals surface area contributed by atoms with E-state index in [4.69, 9.17) is 16.3 Å². The fourth-order valence-corrected chi connectivity index (χ4v) is 2.11. The fraction of sp³-hybridized carbons (Fsp3) is 0.118. The number of nitro groups is 1. The number of nitrogens with zero attached hydrogens (tertiary/aromatic N) is 1. The largest absolute Gasteiger partial charge is 0.462 e. The average Bonchev–Trinajstić information content (AvgIpc) is 2.54. The molecule has 5 nitrogen and oxygen atoms in total. The van der Waals surface area contributed by atoms with Crippen LogP contribution in [0.2, 0.25) is 5.02 Å². The Balaban J connectivity index is 1.95. The maximum atomic E-state index is 11.9. The predicted molar refractivity (Wildman–Crippen MR) is 87.9 cm³/mol. The Labute approximate surface area is 138 Å². The molecule has 0 aliphatic carbocycles. The van der Waals surface area contributed by atoms with E-state index in [2.05, 4.69) is 0 Å². The van der Waals surface area contributed by atoms with Crippen molar-refractivity contribution in [3.05, 3.63) is 86.6 Å². The van der Waals surface area contributed by atoms with Crippen molar-refractivity contribution >= 4 is 23.6 Å². The maximum Gasteiger partial charge on any atom is 0.338 e. The minimum atomic E-state index is -0.517. The Morgan fingerprint density at radius 3 is 2.57 bits per heavy atom. The molecular formula is C17H14ClNO4. The average molecular weight is 332 g/mol. The minimum Gasteiger partial charge on any atom is -0.462 e. The molecule has 0 heterocycles. The third-order valence-electron chi connectivity index (χ3n) is 3.12. The maximum absolute atomic E-state index is 11.9. The molecule has 0 aromatic heterocycles. The number of carbonyl (C=O) groups is 1. The summed E-state index contributed by atoms with van der Waals surface area (Å²) in [5, 5.41) is 11.0. The number of halogens is 1. The number of hydrogen-bond acceptors (Lipinski definition) is 4. The molecule has 0 spiro atoms. The predicted octanol–water partition coefficient (Wildman–Crippen LogP) is 3.99. The van der Waals surface area contributed by atoms with E-state index in [0.29, 0.717) is 17.0 Å². The molecule has 0 saturated heterocycles. The number of benzene rings is 2. The van der Waals surface area contributed by atoms with Crippen LogP contribution in [0, 0.1) is 10.1 Å². The first-order valence-electron chi connectivity index (χ1n) is 6.88. The van der Waals surface area contributed by atoms with Crippen molar-refractivity contribution in [2.45, 2.75) is 6.42 Å². The van der Waals surface area contributed by atoms with E-state index in [1.54, 1.807) is 36.4 Å². The first-order chi connectivity index (χ1) is 11.1. The summed E-state index contributed by atoms with van der Waals surface area (Å²) in [5.74, 6) is -0.431. The lowest BCUT2D eigenvalue weighted by Crippen LogP contribution is -2.08. The number of hydrogen-bond donors (Lipinski definition) is 0. The third-order valence-corrected chi connectivity index (χ3v) is 3.37. The van der Waals surface area contributed by atoms with Gasteiger partial charge in [-0.2, -0.15) is 0 Å². The highest BCUT2D eigenvalue weighted by molar-refractivity contribution is 6.30. The highest BCUT2D eigenvalue weighted by Crippen LogP contribution is 2.13. The van der Waals surface area contributed by atoms with Crippen LogP contribution >= 0.6 is 11.6 Å². The van der Waals surface area contributed by atoms with Gasteiger partial charge in [-0.3, -0.25) is 10.1 Å². The Morgan fingerprint density at radius 1 is 1.17 bits per heavy atom. The van der Waals surface area contributed by atoms with Gasteiger partial charge in [-0.1, -0.05) is 35.9 Å². The molecule has 0 radical (unpaired) electrons. The molecule has 0 bridgehead atoms. The van der Waals surface area contributed by atoms with E-state index in [1.165, 1.54) is 6.08 Å². The van der Waals surface area contributed by atoms with Crippen LogP contribution in [-0.4, -0.2) is 17.5 Å². The topological polar surface area (TPSA) is 69.4 Å². The summed E-state index contributed by atoms with van der Waals surface area (Å²) in [6.45, 7) is 0.185. The van der Waals surface area contributed by atoms with Gasteiger partial charge in [0.15, 0.2) is 0 Å². The van der Waals surface area contributed by atoms with Gasteiger partial charge in [-0.15, -0.1) is 0 Å². The molecule has 0 unspecified atom stereocenters. The Hall–Kier alpha value is -2.66. The van der Waals surface area contributed by atoms with E-state index >= 15 is 0 Å². The summed E-state index contributed by atoms with van der Waals surface area (Å²) in [6.07, 6.45) is 2.78. The summed E-state index contributed by atoms with van der Waals surface area (Å²) >= 11 is 5.76. The molecular weight excluding hydrogens is 318 g/mol. The highest BCUT2D eigenvalue weighted by Gasteiger charge is 2.07. The first kappa shape index (κ1) is 16.7. The Bertz CT molecular complexity index is 726. The van der Waals surface area contributed by atoms with Gasteiger partial charge >= 0.3 is 5.97 Å². The lowest BCUT2D eigenvalue weighted by Gasteiger charge is -2.07. The van der Waals surface area contributed by atoms with Crippen molar-refractivity contribution < 1.29 is 14.5 Å². The molecule has 2 rings (SSSR count). The Morgan fingerprint density at radius 2 is 1.87 bits per heavy atom. The summed E-state index contributed by atoms with van der Waals surface area (Å²) in [4.78, 5) is 21.8. The Kier molecular flexibility index (Phi) is 5.88. The van der Waals surface area contributed by atoms with Gasteiger partial charge in [-0.05, 0) is 35.4 Å². The van der Waals surface area contributed by atoms with Crippen molar-refractivity contribution in [3.63, 3.8) is 0 Å². The van der Waals surface area contributed by atoms with Crippen LogP contribution in [0.25, 0.3) is 6.08 Å². The van der Waals surface area contributed by atoms with Crippen LogP contribution in [0.4, 0.5) is 0 Å². The monoisotopic (exact) mass is 331 g/mol. The highest BCUT2D eigenvalue weighted by atomic mass is 35.5. The van der Waals surface area contributed by atoms with Crippen molar-refractivity contribution in [1.29, 1.82) is 0 Å². The van der Waals surface area contributed by atoms with E-state index in [0.717, 1.165) is 17.3 Å². The van der Waals surface area contributed by atoms with Crippen molar-refractivity contribution in [2.24, 2.45) is 0 Å². The molecule has 6 heteroatoms. The van der Waals surface area contributed by atoms with E-state index < -0.39 is 10.9 Å². The van der Waals surface area contributed by atoms with E-state index in [9.17, 15) is 14.9 Å². The van der Waals surface area contributed by atoms with Gasteiger partial charge in [0.1, 0.15) is 0 Å². The number of ether oxygens (including phenoxy) is 1. The van der Waals surface area contributed by atoms with Crippen LogP contribution in [0.5, 0.6) is 0 Å². The second-order valence-electron chi connectivity index (χ2n) is 4.69. The van der Waals surface area contributed by atoms with E-state index in [-0.39, 0.29) is 6.61 Å². The molecule has 23 heavy (non-hydrogen) atoms. The van der Waals surface area contributed by atoms with Crippen LogP contribution in [-0.2, 0) is 11.2 Å². The van der Waals surface area contributed by atoms with Crippen LogP contribution in [0.1, 0.15) is 21.5 Å². The van der Waals surface area contributed by atoms with E-state index in [1.807, 2.05) is 12.1 Å². The molecule has 2 aromatic carbocycles.